The van der Waals surface area contributed by atoms with Gasteiger partial charge in [0.2, 0.25) is 0 Å². The molecular weight excluding hydrogens is 400 g/mol. The van der Waals surface area contributed by atoms with Crippen LogP contribution in [0, 0.1) is 12.8 Å². The van der Waals surface area contributed by atoms with Crippen molar-refractivity contribution in [1.29, 1.82) is 0 Å². The lowest BCUT2D eigenvalue weighted by molar-refractivity contribution is 0.208. The van der Waals surface area contributed by atoms with E-state index in [1.165, 1.54) is 5.56 Å². The highest BCUT2D eigenvalue weighted by Gasteiger charge is 2.24. The van der Waals surface area contributed by atoms with Crippen molar-refractivity contribution in [3.63, 3.8) is 0 Å². The van der Waals surface area contributed by atoms with Crippen molar-refractivity contribution in [2.75, 3.05) is 24.6 Å². The molecule has 6 nitrogen and oxygen atoms in total. The molecule has 5 rings (SSSR count). The number of aryl methyl sites for hydroxylation is 1. The van der Waals surface area contributed by atoms with Crippen LogP contribution in [0.2, 0.25) is 0 Å². The zero-order valence-corrected chi connectivity index (χ0v) is 18.3. The van der Waals surface area contributed by atoms with Crippen LogP contribution in [0.1, 0.15) is 24.1 Å². The molecule has 3 heterocycles. The number of H-pyrrole nitrogens is 1. The van der Waals surface area contributed by atoms with E-state index < -0.39 is 0 Å². The molecule has 2 aromatic carbocycles. The van der Waals surface area contributed by atoms with E-state index in [-0.39, 0.29) is 12.5 Å². The maximum Gasteiger partial charge on any atom is 0.163 e. The van der Waals surface area contributed by atoms with Gasteiger partial charge in [0.15, 0.2) is 5.82 Å². The van der Waals surface area contributed by atoms with E-state index in [4.69, 9.17) is 14.7 Å². The highest BCUT2D eigenvalue weighted by molar-refractivity contribution is 5.90. The number of fused-ring (bicyclic) bond motifs is 1. The predicted molar refractivity (Wildman–Crippen MR) is 127 cm³/mol. The Labute approximate surface area is 187 Å². The monoisotopic (exact) mass is 428 g/mol. The van der Waals surface area contributed by atoms with Gasteiger partial charge in [-0.3, -0.25) is 0 Å². The molecule has 0 bridgehead atoms. The zero-order chi connectivity index (χ0) is 21.9. The summed E-state index contributed by atoms with van der Waals surface area (Å²) in [7, 11) is 0. The molecule has 1 aliphatic rings. The minimum absolute atomic E-state index is 0.207. The molecule has 0 spiro atoms. The largest absolute Gasteiger partial charge is 0.487 e. The second kappa shape index (κ2) is 9.01. The number of nitrogens with zero attached hydrogens (tertiary/aromatic N) is 3. The zero-order valence-electron chi connectivity index (χ0n) is 18.3. The first-order chi connectivity index (χ1) is 15.7. The lowest BCUT2D eigenvalue weighted by atomic mass is 9.99. The van der Waals surface area contributed by atoms with Gasteiger partial charge in [-0.1, -0.05) is 42.5 Å². The van der Waals surface area contributed by atoms with Crippen molar-refractivity contribution >= 4 is 16.9 Å². The highest BCUT2D eigenvalue weighted by Crippen LogP contribution is 2.31. The Morgan fingerprint density at radius 2 is 1.97 bits per heavy atom. The number of aliphatic hydroxyl groups excluding tert-OH is 1. The van der Waals surface area contributed by atoms with Crippen molar-refractivity contribution in [3.8, 4) is 17.1 Å². The molecule has 0 saturated carbocycles. The first-order valence-electron chi connectivity index (χ1n) is 11.2. The van der Waals surface area contributed by atoms with E-state index in [1.807, 2.05) is 48.5 Å². The number of piperidine rings is 1. The van der Waals surface area contributed by atoms with Gasteiger partial charge in [0, 0.05) is 25.3 Å². The maximum atomic E-state index is 9.72. The smallest absolute Gasteiger partial charge is 0.163 e. The summed E-state index contributed by atoms with van der Waals surface area (Å²) in [4.78, 5) is 15.5. The van der Waals surface area contributed by atoms with E-state index in [0.717, 1.165) is 59.8 Å². The topological polar surface area (TPSA) is 74.3 Å². The van der Waals surface area contributed by atoms with E-state index in [2.05, 4.69) is 28.9 Å². The standard InChI is InChI=1S/C26H28N4O2/c1-18-7-5-11-22(13-18)32-17-21-14-23-25(27-21)28-24(20-9-3-2-4-10-20)29-26(23)30-12-6-8-19(15-30)16-31/h2-5,7,9-11,13-14,19,31H,6,8,12,15-17H2,1H3,(H,27,28,29). The molecule has 1 atom stereocenters. The van der Waals surface area contributed by atoms with E-state index >= 15 is 0 Å². The van der Waals surface area contributed by atoms with Gasteiger partial charge in [-0.2, -0.15) is 0 Å². The van der Waals surface area contributed by atoms with Crippen molar-refractivity contribution in [2.24, 2.45) is 5.92 Å². The molecule has 0 aliphatic carbocycles. The van der Waals surface area contributed by atoms with Crippen LogP contribution in [-0.4, -0.2) is 39.8 Å². The Balaban J connectivity index is 1.51. The van der Waals surface area contributed by atoms with Crippen molar-refractivity contribution in [1.82, 2.24) is 15.0 Å². The van der Waals surface area contributed by atoms with Crippen LogP contribution in [0.5, 0.6) is 5.75 Å². The summed E-state index contributed by atoms with van der Waals surface area (Å²) in [6, 6.07) is 20.2. The van der Waals surface area contributed by atoms with Gasteiger partial charge in [-0.15, -0.1) is 0 Å². The number of benzene rings is 2. The average Bonchev–Trinajstić information content (AvgIpc) is 3.26. The Kier molecular flexibility index (Phi) is 5.77. The second-order valence-electron chi connectivity index (χ2n) is 8.54. The van der Waals surface area contributed by atoms with Crippen LogP contribution in [0.3, 0.4) is 0 Å². The summed E-state index contributed by atoms with van der Waals surface area (Å²) in [5.74, 6) is 2.75. The molecule has 4 aromatic rings. The molecule has 1 aliphatic heterocycles. The Morgan fingerprint density at radius 1 is 1.09 bits per heavy atom. The molecule has 2 aromatic heterocycles. The van der Waals surface area contributed by atoms with Crippen LogP contribution in [0.4, 0.5) is 5.82 Å². The normalized spacial score (nSPS) is 16.4. The third-order valence-electron chi connectivity index (χ3n) is 6.02. The number of ether oxygens (including phenoxy) is 1. The molecule has 0 radical (unpaired) electrons. The molecule has 0 amide bonds. The van der Waals surface area contributed by atoms with Crippen LogP contribution >= 0.6 is 0 Å². The van der Waals surface area contributed by atoms with Crippen molar-refractivity contribution < 1.29 is 9.84 Å². The van der Waals surface area contributed by atoms with Crippen LogP contribution < -0.4 is 9.64 Å². The third kappa shape index (κ3) is 4.32. The van der Waals surface area contributed by atoms with Gasteiger partial charge in [-0.05, 0) is 49.4 Å². The third-order valence-corrected chi connectivity index (χ3v) is 6.02. The number of aromatic nitrogens is 3. The molecule has 32 heavy (non-hydrogen) atoms. The minimum Gasteiger partial charge on any atom is -0.487 e. The van der Waals surface area contributed by atoms with Gasteiger partial charge in [0.05, 0.1) is 11.1 Å². The van der Waals surface area contributed by atoms with Gasteiger partial charge >= 0.3 is 0 Å². The first-order valence-corrected chi connectivity index (χ1v) is 11.2. The maximum absolute atomic E-state index is 9.72. The van der Waals surface area contributed by atoms with Gasteiger partial charge in [0.1, 0.15) is 23.8 Å². The SMILES string of the molecule is Cc1cccc(OCc2cc3c(N4CCCC(CO)C4)nc(-c4ccccc4)nc3[nH]2)c1. The number of aromatic amines is 1. The summed E-state index contributed by atoms with van der Waals surface area (Å²) < 4.78 is 6.01. The number of rotatable bonds is 6. The lowest BCUT2D eigenvalue weighted by Gasteiger charge is -2.33. The van der Waals surface area contributed by atoms with Crippen molar-refractivity contribution in [3.05, 3.63) is 71.9 Å². The summed E-state index contributed by atoms with van der Waals surface area (Å²) in [5.41, 5.74) is 3.92. The quantitative estimate of drug-likeness (QED) is 0.465. The Hall–Kier alpha value is -3.38. The number of hydrogen-bond acceptors (Lipinski definition) is 5. The molecule has 1 saturated heterocycles. The van der Waals surface area contributed by atoms with Gasteiger partial charge in [0.25, 0.3) is 0 Å². The van der Waals surface area contributed by atoms with Gasteiger partial charge in [-0.25, -0.2) is 9.97 Å². The molecule has 6 heteroatoms. The van der Waals surface area contributed by atoms with Crippen LogP contribution in [0.15, 0.2) is 60.7 Å². The first kappa shape index (κ1) is 20.5. The summed E-state index contributed by atoms with van der Waals surface area (Å²) >= 11 is 0. The van der Waals surface area contributed by atoms with E-state index in [0.29, 0.717) is 12.4 Å². The van der Waals surface area contributed by atoms with Crippen LogP contribution in [0.25, 0.3) is 22.4 Å². The lowest BCUT2D eigenvalue weighted by Crippen LogP contribution is -2.37. The molecule has 1 unspecified atom stereocenters. The van der Waals surface area contributed by atoms with Crippen LogP contribution in [-0.2, 0) is 6.61 Å². The predicted octanol–water partition coefficient (Wildman–Crippen LogP) is 4.72. The molecule has 1 fully saturated rings. The summed E-state index contributed by atoms with van der Waals surface area (Å²) in [6.07, 6.45) is 2.10. The fourth-order valence-electron chi connectivity index (χ4n) is 4.36. The van der Waals surface area contributed by atoms with E-state index in [9.17, 15) is 5.11 Å². The summed E-state index contributed by atoms with van der Waals surface area (Å²) in [6.45, 7) is 4.42. The number of hydrogen-bond donors (Lipinski definition) is 2. The minimum atomic E-state index is 0.207. The molecule has 164 valence electrons. The average molecular weight is 429 g/mol. The summed E-state index contributed by atoms with van der Waals surface area (Å²) in [5, 5.41) is 10.7. The van der Waals surface area contributed by atoms with Crippen molar-refractivity contribution in [2.45, 2.75) is 26.4 Å². The number of anilines is 1. The fourth-order valence-corrected chi connectivity index (χ4v) is 4.36. The number of nitrogens with one attached hydrogen (secondary N) is 1. The van der Waals surface area contributed by atoms with Gasteiger partial charge < -0.3 is 19.7 Å². The fraction of sp³-hybridized carbons (Fsp3) is 0.308. The molecule has 2 N–H and O–H groups in total. The Bertz CT molecular complexity index is 1210. The highest BCUT2D eigenvalue weighted by atomic mass is 16.5. The number of aliphatic hydroxyl groups is 1. The van der Waals surface area contributed by atoms with E-state index in [1.54, 1.807) is 0 Å². The second-order valence-corrected chi connectivity index (χ2v) is 8.54. The Morgan fingerprint density at radius 3 is 2.78 bits per heavy atom. The molecular formula is C26H28N4O2.